The van der Waals surface area contributed by atoms with Crippen LogP contribution in [0.25, 0.3) is 0 Å². The molecule has 2 aromatic rings. The first-order chi connectivity index (χ1) is 12.6. The third-order valence-corrected chi connectivity index (χ3v) is 5.34. The molecule has 0 aliphatic carbocycles. The van der Waals surface area contributed by atoms with E-state index >= 15 is 0 Å². The van der Waals surface area contributed by atoms with Crippen molar-refractivity contribution in [2.45, 2.75) is 18.9 Å². The second kappa shape index (κ2) is 8.76. The first kappa shape index (κ1) is 19.0. The maximum atomic E-state index is 10.1. The second-order valence-electron chi connectivity index (χ2n) is 6.48. The molecule has 3 rings (SSSR count). The van der Waals surface area contributed by atoms with Crippen LogP contribution in [-0.4, -0.2) is 38.1 Å². The number of quaternary nitrogens is 1. The zero-order valence-corrected chi connectivity index (χ0v) is 16.2. The van der Waals surface area contributed by atoms with Gasteiger partial charge in [-0.1, -0.05) is 35.3 Å². The molecule has 0 bridgehead atoms. The van der Waals surface area contributed by atoms with Crippen LogP contribution in [0.1, 0.15) is 30.0 Å². The third-order valence-electron chi connectivity index (χ3n) is 4.83. The van der Waals surface area contributed by atoms with Crippen molar-refractivity contribution in [2.24, 2.45) is 4.99 Å². The molecule has 1 fully saturated rings. The number of ether oxygens (including phenoxy) is 1. The maximum Gasteiger partial charge on any atom is 0.143 e. The van der Waals surface area contributed by atoms with Crippen LogP contribution >= 0.6 is 23.2 Å². The summed E-state index contributed by atoms with van der Waals surface area (Å²) in [5.41, 5.74) is 1.69. The lowest BCUT2D eigenvalue weighted by Gasteiger charge is -2.25. The van der Waals surface area contributed by atoms with E-state index in [4.69, 9.17) is 27.9 Å². The molecule has 0 spiro atoms. The quantitative estimate of drug-likeness (QED) is 0.737. The lowest BCUT2D eigenvalue weighted by Crippen LogP contribution is -3.10. The number of phenolic OH excluding ortho intramolecular Hbond substituents is 1. The number of phenols is 1. The predicted octanol–water partition coefficient (Wildman–Crippen LogP) is 3.55. The number of halogens is 2. The normalized spacial score (nSPS) is 16.3. The van der Waals surface area contributed by atoms with Crippen molar-refractivity contribution in [1.29, 1.82) is 0 Å². The molecule has 4 nitrogen and oxygen atoms in total. The van der Waals surface area contributed by atoms with Crippen LogP contribution in [0.4, 0.5) is 0 Å². The third kappa shape index (κ3) is 4.32. The van der Waals surface area contributed by atoms with Crippen molar-refractivity contribution < 1.29 is 14.7 Å². The van der Waals surface area contributed by atoms with Gasteiger partial charge in [0, 0.05) is 29.6 Å². The first-order valence-corrected chi connectivity index (χ1v) is 9.51. The van der Waals surface area contributed by atoms with Crippen LogP contribution in [0.3, 0.4) is 0 Å². The Bertz CT molecular complexity index is 789. The molecule has 1 saturated heterocycles. The smallest absolute Gasteiger partial charge is 0.143 e. The minimum Gasteiger partial charge on any atom is -0.506 e. The Kier molecular flexibility index (Phi) is 6.41. The van der Waals surface area contributed by atoms with E-state index in [0.29, 0.717) is 17.1 Å². The number of rotatable bonds is 6. The van der Waals surface area contributed by atoms with E-state index in [2.05, 4.69) is 11.1 Å². The number of aromatic hydroxyl groups is 1. The molecule has 2 aromatic carbocycles. The highest BCUT2D eigenvalue weighted by Crippen LogP contribution is 2.30. The molecule has 2 N–H and O–H groups in total. The molecule has 0 radical (unpaired) electrons. The topological polar surface area (TPSA) is 46.3 Å². The molecule has 138 valence electrons. The van der Waals surface area contributed by atoms with Gasteiger partial charge in [0.2, 0.25) is 0 Å². The number of nitrogens with one attached hydrogen (secondary N) is 1. The summed E-state index contributed by atoms with van der Waals surface area (Å²) >= 11 is 12.0. The number of para-hydroxylation sites is 1. The molecule has 1 aliphatic rings. The van der Waals surface area contributed by atoms with Crippen molar-refractivity contribution in [3.05, 3.63) is 57.6 Å². The Morgan fingerprint density at radius 1 is 1.23 bits per heavy atom. The SMILES string of the molecule is COc1ccccc1[C@@H](CN=Cc1cc(Cl)cc(Cl)c1O)[NH+]1CCCC1. The highest BCUT2D eigenvalue weighted by atomic mass is 35.5. The van der Waals surface area contributed by atoms with E-state index in [9.17, 15) is 5.11 Å². The maximum absolute atomic E-state index is 10.1. The minimum absolute atomic E-state index is 0.00202. The van der Waals surface area contributed by atoms with Crippen molar-refractivity contribution in [2.75, 3.05) is 26.7 Å². The highest BCUT2D eigenvalue weighted by molar-refractivity contribution is 6.36. The number of benzene rings is 2. The molecule has 1 heterocycles. The van der Waals surface area contributed by atoms with Gasteiger partial charge in [-0.3, -0.25) is 4.99 Å². The number of hydrogen-bond acceptors (Lipinski definition) is 3. The van der Waals surface area contributed by atoms with Gasteiger partial charge in [0.1, 0.15) is 17.5 Å². The Hall–Kier alpha value is -1.75. The Labute approximate surface area is 164 Å². The standard InChI is InChI=1S/C20H22Cl2N2O2/c1-26-19-7-3-2-6-16(19)18(24-8-4-5-9-24)13-23-12-14-10-15(21)11-17(22)20(14)25/h2-3,6-7,10-12,18,25H,4-5,8-9,13H2,1H3/p+1/t18-/m1/s1. The van der Waals surface area contributed by atoms with E-state index in [1.165, 1.54) is 23.8 Å². The van der Waals surface area contributed by atoms with Gasteiger partial charge in [0.25, 0.3) is 0 Å². The monoisotopic (exact) mass is 393 g/mol. The van der Waals surface area contributed by atoms with Crippen molar-refractivity contribution in [3.8, 4) is 11.5 Å². The molecule has 26 heavy (non-hydrogen) atoms. The molecule has 0 unspecified atom stereocenters. The Morgan fingerprint density at radius 2 is 1.96 bits per heavy atom. The number of nitrogens with zero attached hydrogens (tertiary/aromatic N) is 1. The van der Waals surface area contributed by atoms with Gasteiger partial charge < -0.3 is 14.7 Å². The Balaban J connectivity index is 1.85. The number of aliphatic imine (C=N–C) groups is 1. The molecule has 6 heteroatoms. The van der Waals surface area contributed by atoms with Crippen LogP contribution in [-0.2, 0) is 0 Å². The van der Waals surface area contributed by atoms with Crippen LogP contribution < -0.4 is 9.64 Å². The van der Waals surface area contributed by atoms with Gasteiger partial charge >= 0.3 is 0 Å². The van der Waals surface area contributed by atoms with Gasteiger partial charge in [0.15, 0.2) is 0 Å². The number of methoxy groups -OCH3 is 1. The first-order valence-electron chi connectivity index (χ1n) is 8.75. The summed E-state index contributed by atoms with van der Waals surface area (Å²) in [5.74, 6) is 0.892. The fourth-order valence-electron chi connectivity index (χ4n) is 3.52. The summed E-state index contributed by atoms with van der Waals surface area (Å²) in [5, 5.41) is 10.8. The van der Waals surface area contributed by atoms with E-state index in [0.717, 1.165) is 24.4 Å². The fourth-order valence-corrected chi connectivity index (χ4v) is 4.03. The van der Waals surface area contributed by atoms with E-state index < -0.39 is 0 Å². The van der Waals surface area contributed by atoms with Crippen LogP contribution in [0.2, 0.25) is 10.0 Å². The highest BCUT2D eigenvalue weighted by Gasteiger charge is 2.29. The summed E-state index contributed by atoms with van der Waals surface area (Å²) in [7, 11) is 1.70. The van der Waals surface area contributed by atoms with Crippen molar-refractivity contribution in [3.63, 3.8) is 0 Å². The van der Waals surface area contributed by atoms with Gasteiger partial charge in [-0.15, -0.1) is 0 Å². The lowest BCUT2D eigenvalue weighted by atomic mass is 10.0. The molecular weight excluding hydrogens is 371 g/mol. The summed E-state index contributed by atoms with van der Waals surface area (Å²) in [6.45, 7) is 2.86. The average molecular weight is 394 g/mol. The molecule has 1 aliphatic heterocycles. The van der Waals surface area contributed by atoms with E-state index in [1.54, 1.807) is 19.4 Å². The molecular formula is C20H23Cl2N2O2+. The predicted molar refractivity (Wildman–Crippen MR) is 106 cm³/mol. The van der Waals surface area contributed by atoms with Crippen molar-refractivity contribution >= 4 is 29.4 Å². The van der Waals surface area contributed by atoms with Crippen molar-refractivity contribution in [1.82, 2.24) is 0 Å². The largest absolute Gasteiger partial charge is 0.506 e. The second-order valence-corrected chi connectivity index (χ2v) is 7.32. The number of likely N-dealkylation sites (tertiary alicyclic amines) is 1. The van der Waals surface area contributed by atoms with E-state index in [-0.39, 0.29) is 16.8 Å². The van der Waals surface area contributed by atoms with E-state index in [1.807, 2.05) is 18.2 Å². The lowest BCUT2D eigenvalue weighted by molar-refractivity contribution is -0.918. The molecule has 0 aromatic heterocycles. The molecule has 0 saturated carbocycles. The van der Waals surface area contributed by atoms with Crippen LogP contribution in [0, 0.1) is 0 Å². The minimum atomic E-state index is 0.00202. The average Bonchev–Trinajstić information content (AvgIpc) is 3.17. The summed E-state index contributed by atoms with van der Waals surface area (Å²) in [6.07, 6.45) is 4.11. The van der Waals surface area contributed by atoms with Gasteiger partial charge in [-0.2, -0.15) is 0 Å². The Morgan fingerprint density at radius 3 is 2.69 bits per heavy atom. The molecule has 1 atom stereocenters. The summed E-state index contributed by atoms with van der Waals surface area (Å²) in [6, 6.07) is 11.5. The molecule has 0 amide bonds. The van der Waals surface area contributed by atoms with Gasteiger partial charge in [0.05, 0.1) is 37.3 Å². The zero-order valence-electron chi connectivity index (χ0n) is 14.7. The fraction of sp³-hybridized carbons (Fsp3) is 0.350. The summed E-state index contributed by atoms with van der Waals surface area (Å²) < 4.78 is 5.56. The number of hydrogen-bond donors (Lipinski definition) is 2. The van der Waals surface area contributed by atoms with Crippen LogP contribution in [0.5, 0.6) is 11.5 Å². The van der Waals surface area contributed by atoms with Crippen LogP contribution in [0.15, 0.2) is 41.4 Å². The zero-order chi connectivity index (χ0) is 18.5. The van der Waals surface area contributed by atoms with Gasteiger partial charge in [-0.05, 0) is 24.3 Å². The van der Waals surface area contributed by atoms with Gasteiger partial charge in [-0.25, -0.2) is 0 Å². The summed E-state index contributed by atoms with van der Waals surface area (Å²) in [4.78, 5) is 6.12.